The van der Waals surface area contributed by atoms with Crippen molar-refractivity contribution in [1.82, 2.24) is 4.98 Å². The Morgan fingerprint density at radius 2 is 2.38 bits per heavy atom. The van der Waals surface area contributed by atoms with Crippen LogP contribution in [0.5, 0.6) is 0 Å². The molecule has 21 heavy (non-hydrogen) atoms. The second-order valence-corrected chi connectivity index (χ2v) is 5.12. The first-order chi connectivity index (χ1) is 10.1. The van der Waals surface area contributed by atoms with Crippen molar-refractivity contribution in [2.75, 3.05) is 24.6 Å². The Morgan fingerprint density at radius 1 is 1.57 bits per heavy atom. The molecule has 0 bridgehead atoms. The highest BCUT2D eigenvalue weighted by molar-refractivity contribution is 5.87. The van der Waals surface area contributed by atoms with E-state index in [0.717, 1.165) is 19.4 Å². The van der Waals surface area contributed by atoms with E-state index < -0.39 is 11.9 Å². The SMILES string of the molecule is CCOC(=O)c1coc(N2CCCC(CCC(=O)O)C2)n1. The van der Waals surface area contributed by atoms with Gasteiger partial charge in [-0.3, -0.25) is 4.79 Å². The first-order valence-electron chi connectivity index (χ1n) is 7.19. The van der Waals surface area contributed by atoms with Crippen LogP contribution < -0.4 is 4.90 Å². The van der Waals surface area contributed by atoms with Crippen molar-refractivity contribution >= 4 is 18.0 Å². The number of esters is 1. The van der Waals surface area contributed by atoms with E-state index in [1.807, 2.05) is 4.90 Å². The minimum Gasteiger partial charge on any atom is -0.481 e. The molecule has 0 spiro atoms. The van der Waals surface area contributed by atoms with Crippen molar-refractivity contribution in [2.24, 2.45) is 5.92 Å². The van der Waals surface area contributed by atoms with Gasteiger partial charge in [0.2, 0.25) is 0 Å². The molecule has 1 unspecified atom stereocenters. The molecule has 0 radical (unpaired) electrons. The summed E-state index contributed by atoms with van der Waals surface area (Å²) in [6, 6.07) is 0.401. The minimum absolute atomic E-state index is 0.166. The van der Waals surface area contributed by atoms with Crippen molar-refractivity contribution in [3.05, 3.63) is 12.0 Å². The summed E-state index contributed by atoms with van der Waals surface area (Å²) >= 11 is 0. The van der Waals surface area contributed by atoms with Crippen LogP contribution in [0.2, 0.25) is 0 Å². The molecule has 7 nitrogen and oxygen atoms in total. The Labute approximate surface area is 122 Å². The third-order valence-electron chi connectivity index (χ3n) is 3.53. The van der Waals surface area contributed by atoms with E-state index in [2.05, 4.69) is 4.98 Å². The summed E-state index contributed by atoms with van der Waals surface area (Å²) in [7, 11) is 0. The number of piperidine rings is 1. The zero-order valence-electron chi connectivity index (χ0n) is 12.1. The Morgan fingerprint density at radius 3 is 3.10 bits per heavy atom. The molecule has 1 fully saturated rings. The summed E-state index contributed by atoms with van der Waals surface area (Å²) < 4.78 is 10.2. The standard InChI is InChI=1S/C14H20N2O5/c1-2-20-13(19)11-9-21-14(15-11)16-7-3-4-10(8-16)5-6-12(17)18/h9-10H,2-8H2,1H3,(H,17,18). The monoisotopic (exact) mass is 296 g/mol. The van der Waals surface area contributed by atoms with Gasteiger partial charge >= 0.3 is 11.9 Å². The van der Waals surface area contributed by atoms with Crippen LogP contribution in [0.25, 0.3) is 0 Å². The van der Waals surface area contributed by atoms with Crippen molar-refractivity contribution in [3.63, 3.8) is 0 Å². The molecule has 1 aliphatic rings. The van der Waals surface area contributed by atoms with Gasteiger partial charge in [0.1, 0.15) is 6.26 Å². The normalized spacial score (nSPS) is 18.5. The van der Waals surface area contributed by atoms with Gasteiger partial charge in [0.15, 0.2) is 5.69 Å². The molecule has 2 rings (SSSR count). The van der Waals surface area contributed by atoms with Crippen LogP contribution in [0.15, 0.2) is 10.7 Å². The summed E-state index contributed by atoms with van der Waals surface area (Å²) in [5.41, 5.74) is 0.166. The summed E-state index contributed by atoms with van der Waals surface area (Å²) in [6.45, 7) is 3.53. The zero-order chi connectivity index (χ0) is 15.2. The Balaban J connectivity index is 1.94. The van der Waals surface area contributed by atoms with Crippen molar-refractivity contribution < 1.29 is 23.8 Å². The van der Waals surface area contributed by atoms with Gasteiger partial charge < -0.3 is 19.2 Å². The molecule has 0 saturated carbocycles. The summed E-state index contributed by atoms with van der Waals surface area (Å²) in [5.74, 6) is -0.951. The number of aromatic nitrogens is 1. The number of rotatable bonds is 6. The van der Waals surface area contributed by atoms with E-state index in [1.54, 1.807) is 6.92 Å². The van der Waals surface area contributed by atoms with Gasteiger partial charge in [-0.15, -0.1) is 0 Å². The maximum atomic E-state index is 11.6. The predicted molar refractivity (Wildman–Crippen MR) is 74.3 cm³/mol. The number of nitrogens with zero attached hydrogens (tertiary/aromatic N) is 2. The van der Waals surface area contributed by atoms with Crippen LogP contribution in [0.3, 0.4) is 0 Å². The van der Waals surface area contributed by atoms with Gasteiger partial charge in [0.25, 0.3) is 6.01 Å². The van der Waals surface area contributed by atoms with Crippen LogP contribution in [0.4, 0.5) is 6.01 Å². The Bertz CT molecular complexity index is 499. The molecule has 2 heterocycles. The minimum atomic E-state index is -0.771. The predicted octanol–water partition coefficient (Wildman–Crippen LogP) is 1.93. The number of carboxylic acids is 1. The first-order valence-corrected chi connectivity index (χ1v) is 7.19. The van der Waals surface area contributed by atoms with Crippen LogP contribution in [-0.4, -0.2) is 41.7 Å². The van der Waals surface area contributed by atoms with Gasteiger partial charge in [-0.25, -0.2) is 4.79 Å². The summed E-state index contributed by atoms with van der Waals surface area (Å²) in [5, 5.41) is 8.75. The summed E-state index contributed by atoms with van der Waals surface area (Å²) in [6.07, 6.45) is 4.10. The van der Waals surface area contributed by atoms with Crippen molar-refractivity contribution in [1.29, 1.82) is 0 Å². The van der Waals surface area contributed by atoms with Gasteiger partial charge in [-0.2, -0.15) is 4.98 Å². The number of oxazole rings is 1. The number of carbonyl (C=O) groups is 2. The average molecular weight is 296 g/mol. The maximum absolute atomic E-state index is 11.6. The van der Waals surface area contributed by atoms with E-state index >= 15 is 0 Å². The Hall–Kier alpha value is -2.05. The van der Waals surface area contributed by atoms with Gasteiger partial charge in [0.05, 0.1) is 6.61 Å². The lowest BCUT2D eigenvalue weighted by atomic mass is 9.94. The number of carbonyl (C=O) groups excluding carboxylic acids is 1. The lowest BCUT2D eigenvalue weighted by Crippen LogP contribution is -2.35. The molecular formula is C14H20N2O5. The Kier molecular flexibility index (Phi) is 5.19. The maximum Gasteiger partial charge on any atom is 0.360 e. The second kappa shape index (κ2) is 7.10. The van der Waals surface area contributed by atoms with Crippen LogP contribution in [-0.2, 0) is 9.53 Å². The quantitative estimate of drug-likeness (QED) is 0.802. The van der Waals surface area contributed by atoms with E-state index in [4.69, 9.17) is 14.3 Å². The molecule has 0 amide bonds. The fourth-order valence-electron chi connectivity index (χ4n) is 2.51. The molecule has 7 heteroatoms. The molecule has 1 saturated heterocycles. The number of hydrogen-bond donors (Lipinski definition) is 1. The van der Waals surface area contributed by atoms with Crippen LogP contribution >= 0.6 is 0 Å². The molecule has 1 aromatic rings. The van der Waals surface area contributed by atoms with Gasteiger partial charge in [-0.1, -0.05) is 0 Å². The lowest BCUT2D eigenvalue weighted by molar-refractivity contribution is -0.137. The topological polar surface area (TPSA) is 92.9 Å². The van der Waals surface area contributed by atoms with E-state index in [-0.39, 0.29) is 12.1 Å². The van der Waals surface area contributed by atoms with E-state index in [0.29, 0.717) is 31.5 Å². The molecule has 0 aliphatic carbocycles. The molecule has 1 aliphatic heterocycles. The van der Waals surface area contributed by atoms with E-state index in [1.165, 1.54) is 6.26 Å². The van der Waals surface area contributed by atoms with Crippen molar-refractivity contribution in [3.8, 4) is 0 Å². The largest absolute Gasteiger partial charge is 0.481 e. The second-order valence-electron chi connectivity index (χ2n) is 5.12. The average Bonchev–Trinajstić information content (AvgIpc) is 2.95. The van der Waals surface area contributed by atoms with E-state index in [9.17, 15) is 9.59 Å². The van der Waals surface area contributed by atoms with Crippen LogP contribution in [0, 0.1) is 5.92 Å². The zero-order valence-corrected chi connectivity index (χ0v) is 12.1. The highest BCUT2D eigenvalue weighted by Crippen LogP contribution is 2.25. The molecule has 1 N–H and O–H groups in total. The first kappa shape index (κ1) is 15.3. The molecular weight excluding hydrogens is 276 g/mol. The van der Waals surface area contributed by atoms with Gasteiger partial charge in [0, 0.05) is 19.5 Å². The smallest absolute Gasteiger partial charge is 0.360 e. The number of ether oxygens (including phenoxy) is 1. The number of aliphatic carboxylic acids is 1. The highest BCUT2D eigenvalue weighted by atomic mass is 16.5. The number of hydrogen-bond acceptors (Lipinski definition) is 6. The number of anilines is 1. The highest BCUT2D eigenvalue weighted by Gasteiger charge is 2.24. The third-order valence-corrected chi connectivity index (χ3v) is 3.53. The molecule has 116 valence electrons. The fourth-order valence-corrected chi connectivity index (χ4v) is 2.51. The van der Waals surface area contributed by atoms with Crippen LogP contribution in [0.1, 0.15) is 43.1 Å². The third kappa shape index (κ3) is 4.21. The molecule has 1 aromatic heterocycles. The lowest BCUT2D eigenvalue weighted by Gasteiger charge is -2.31. The molecule has 0 aromatic carbocycles. The van der Waals surface area contributed by atoms with Crippen molar-refractivity contribution in [2.45, 2.75) is 32.6 Å². The number of carboxylic acid groups (broad SMARTS) is 1. The van der Waals surface area contributed by atoms with Gasteiger partial charge in [-0.05, 0) is 32.1 Å². The molecule has 1 atom stereocenters. The fraction of sp³-hybridized carbons (Fsp3) is 0.643. The summed E-state index contributed by atoms with van der Waals surface area (Å²) in [4.78, 5) is 28.3.